The van der Waals surface area contributed by atoms with Crippen LogP contribution in [0.5, 0.6) is 5.75 Å². The summed E-state index contributed by atoms with van der Waals surface area (Å²) >= 11 is 0. The number of carboxylic acids is 1. The van der Waals surface area contributed by atoms with Gasteiger partial charge in [-0.2, -0.15) is 0 Å². The fourth-order valence-corrected chi connectivity index (χ4v) is 3.11. The van der Waals surface area contributed by atoms with E-state index < -0.39 is 5.97 Å². The van der Waals surface area contributed by atoms with Gasteiger partial charge in [-0.15, -0.1) is 0 Å². The van der Waals surface area contributed by atoms with Crippen molar-refractivity contribution in [3.8, 4) is 5.75 Å². The molecule has 1 saturated carbocycles. The van der Waals surface area contributed by atoms with Crippen LogP contribution in [0.3, 0.4) is 0 Å². The zero-order valence-corrected chi connectivity index (χ0v) is 11.5. The third-order valence-corrected chi connectivity index (χ3v) is 4.43. The van der Waals surface area contributed by atoms with Crippen LogP contribution in [0, 0.1) is 11.8 Å². The van der Waals surface area contributed by atoms with Crippen LogP contribution < -0.4 is 4.74 Å². The van der Waals surface area contributed by atoms with Gasteiger partial charge < -0.3 is 9.84 Å². The number of hydrogen-bond acceptors (Lipinski definition) is 2. The van der Waals surface area contributed by atoms with Gasteiger partial charge in [-0.1, -0.05) is 6.07 Å². The zero-order valence-electron chi connectivity index (χ0n) is 11.5. The lowest BCUT2D eigenvalue weighted by Crippen LogP contribution is -2.05. The molecular formula is C16H17FO3. The molecule has 0 amide bonds. The molecule has 1 aromatic rings. The molecule has 3 atom stereocenters. The molecule has 1 fully saturated rings. The van der Waals surface area contributed by atoms with Crippen molar-refractivity contribution in [1.82, 2.24) is 0 Å². The van der Waals surface area contributed by atoms with Crippen LogP contribution in [-0.4, -0.2) is 17.7 Å². The summed E-state index contributed by atoms with van der Waals surface area (Å²) in [5.41, 5.74) is 2.90. The minimum absolute atomic E-state index is 0.186. The van der Waals surface area contributed by atoms with Crippen molar-refractivity contribution in [3.63, 3.8) is 0 Å². The molecule has 1 N–H and O–H groups in total. The van der Waals surface area contributed by atoms with Crippen molar-refractivity contribution >= 4 is 5.97 Å². The normalized spacial score (nSPS) is 27.4. The SMILES string of the molecule is CC(F)=C(C)COc1ccc2c(c1)CC1C(C(=O)O)C21. The van der Waals surface area contributed by atoms with Crippen LogP contribution in [0.2, 0.25) is 0 Å². The second kappa shape index (κ2) is 4.62. The van der Waals surface area contributed by atoms with Gasteiger partial charge in [-0.05, 0) is 55.0 Å². The minimum atomic E-state index is -0.690. The molecule has 3 rings (SSSR count). The molecule has 3 nitrogen and oxygen atoms in total. The number of halogens is 1. The number of hydrogen-bond donors (Lipinski definition) is 1. The first-order valence-electron chi connectivity index (χ1n) is 6.79. The highest BCUT2D eigenvalue weighted by Crippen LogP contribution is 2.61. The van der Waals surface area contributed by atoms with Gasteiger partial charge in [0.25, 0.3) is 0 Å². The first-order valence-corrected chi connectivity index (χ1v) is 6.79. The highest BCUT2D eigenvalue weighted by Gasteiger charge is 2.59. The van der Waals surface area contributed by atoms with Crippen molar-refractivity contribution in [2.24, 2.45) is 11.8 Å². The molecule has 20 heavy (non-hydrogen) atoms. The third-order valence-electron chi connectivity index (χ3n) is 4.43. The topological polar surface area (TPSA) is 46.5 Å². The number of carboxylic acid groups (broad SMARTS) is 1. The number of allylic oxidation sites excluding steroid dienone is 1. The van der Waals surface area contributed by atoms with Crippen molar-refractivity contribution in [2.45, 2.75) is 26.2 Å². The van der Waals surface area contributed by atoms with E-state index in [0.717, 1.165) is 17.7 Å². The van der Waals surface area contributed by atoms with Crippen molar-refractivity contribution in [2.75, 3.05) is 6.61 Å². The lowest BCUT2D eigenvalue weighted by Gasteiger charge is -2.10. The van der Waals surface area contributed by atoms with Crippen LogP contribution >= 0.6 is 0 Å². The second-order valence-electron chi connectivity index (χ2n) is 5.72. The van der Waals surface area contributed by atoms with E-state index in [0.29, 0.717) is 5.57 Å². The molecule has 2 aliphatic rings. The quantitative estimate of drug-likeness (QED) is 0.917. The molecule has 0 bridgehead atoms. The summed E-state index contributed by atoms with van der Waals surface area (Å²) in [6.45, 7) is 3.36. The summed E-state index contributed by atoms with van der Waals surface area (Å²) in [5, 5.41) is 9.07. The molecule has 1 aromatic carbocycles. The van der Waals surface area contributed by atoms with E-state index in [2.05, 4.69) is 0 Å². The Morgan fingerprint density at radius 1 is 1.45 bits per heavy atom. The van der Waals surface area contributed by atoms with Gasteiger partial charge >= 0.3 is 5.97 Å². The number of aliphatic carboxylic acids is 1. The molecular weight excluding hydrogens is 259 g/mol. The Morgan fingerprint density at radius 2 is 2.20 bits per heavy atom. The lowest BCUT2D eigenvalue weighted by molar-refractivity contribution is -0.139. The summed E-state index contributed by atoms with van der Waals surface area (Å²) in [7, 11) is 0. The number of benzene rings is 1. The van der Waals surface area contributed by atoms with Gasteiger partial charge in [0, 0.05) is 5.92 Å². The number of rotatable bonds is 4. The van der Waals surface area contributed by atoms with Crippen LogP contribution in [0.25, 0.3) is 0 Å². The first-order chi connectivity index (χ1) is 9.49. The van der Waals surface area contributed by atoms with Crippen molar-refractivity contribution in [3.05, 3.63) is 40.7 Å². The summed E-state index contributed by atoms with van der Waals surface area (Å²) < 4.78 is 18.5. The average molecular weight is 276 g/mol. The maximum atomic E-state index is 12.9. The van der Waals surface area contributed by atoms with E-state index in [-0.39, 0.29) is 30.2 Å². The Balaban J connectivity index is 1.71. The fourth-order valence-electron chi connectivity index (χ4n) is 3.11. The van der Waals surface area contributed by atoms with E-state index in [1.54, 1.807) is 6.92 Å². The molecule has 4 heteroatoms. The monoisotopic (exact) mass is 276 g/mol. The standard InChI is InChI=1S/C16H17FO3/c1-8(9(2)17)7-20-11-3-4-12-10(5-11)6-13-14(12)15(13)16(18)19/h3-5,13-15H,6-7H2,1-2H3,(H,18,19). The first kappa shape index (κ1) is 13.2. The Morgan fingerprint density at radius 3 is 2.85 bits per heavy atom. The smallest absolute Gasteiger partial charge is 0.307 e. The van der Waals surface area contributed by atoms with Crippen molar-refractivity contribution < 1.29 is 19.0 Å². The van der Waals surface area contributed by atoms with E-state index >= 15 is 0 Å². The Labute approximate surface area is 117 Å². The van der Waals surface area contributed by atoms with Crippen LogP contribution in [0.15, 0.2) is 29.6 Å². The molecule has 0 heterocycles. The maximum Gasteiger partial charge on any atom is 0.307 e. The van der Waals surface area contributed by atoms with E-state index in [1.165, 1.54) is 12.5 Å². The van der Waals surface area contributed by atoms with Gasteiger partial charge in [0.05, 0.1) is 11.7 Å². The molecule has 0 spiro atoms. The lowest BCUT2D eigenvalue weighted by atomic mass is 10.0. The molecule has 0 aromatic heterocycles. The van der Waals surface area contributed by atoms with Crippen LogP contribution in [0.1, 0.15) is 30.9 Å². The van der Waals surface area contributed by atoms with Crippen molar-refractivity contribution in [1.29, 1.82) is 0 Å². The summed E-state index contributed by atoms with van der Waals surface area (Å²) in [5.74, 6) is 0.0618. The Kier molecular flexibility index (Phi) is 3.04. The van der Waals surface area contributed by atoms with E-state index in [1.807, 2.05) is 18.2 Å². The number of fused-ring (bicyclic) bond motifs is 3. The van der Waals surface area contributed by atoms with Gasteiger partial charge in [0.15, 0.2) is 0 Å². The van der Waals surface area contributed by atoms with E-state index in [9.17, 15) is 9.18 Å². The summed E-state index contributed by atoms with van der Waals surface area (Å²) in [6.07, 6.45) is 0.811. The third kappa shape index (κ3) is 2.09. The predicted molar refractivity (Wildman–Crippen MR) is 72.5 cm³/mol. The van der Waals surface area contributed by atoms with Gasteiger partial charge in [-0.25, -0.2) is 4.39 Å². The summed E-state index contributed by atoms with van der Waals surface area (Å²) in [4.78, 5) is 11.0. The predicted octanol–water partition coefficient (Wildman–Crippen LogP) is 3.30. The molecule has 3 unspecified atom stereocenters. The summed E-state index contributed by atoms with van der Waals surface area (Å²) in [6, 6.07) is 5.76. The fraction of sp³-hybridized carbons (Fsp3) is 0.438. The van der Waals surface area contributed by atoms with Gasteiger partial charge in [-0.3, -0.25) is 4.79 Å². The van der Waals surface area contributed by atoms with Crippen LogP contribution in [0.4, 0.5) is 4.39 Å². The molecule has 0 saturated heterocycles. The molecule has 2 aliphatic carbocycles. The maximum absolute atomic E-state index is 12.9. The van der Waals surface area contributed by atoms with E-state index in [4.69, 9.17) is 9.84 Å². The highest BCUT2D eigenvalue weighted by atomic mass is 19.1. The van der Waals surface area contributed by atoms with Gasteiger partial charge in [0.2, 0.25) is 0 Å². The van der Waals surface area contributed by atoms with Gasteiger partial charge in [0.1, 0.15) is 12.4 Å². The number of ether oxygens (including phenoxy) is 1. The Bertz CT molecular complexity index is 602. The van der Waals surface area contributed by atoms with Crippen LogP contribution in [-0.2, 0) is 11.2 Å². The second-order valence-corrected chi connectivity index (χ2v) is 5.72. The largest absolute Gasteiger partial charge is 0.489 e. The number of carbonyl (C=O) groups is 1. The average Bonchev–Trinajstić information content (AvgIpc) is 2.99. The molecule has 0 radical (unpaired) electrons. The molecule has 0 aliphatic heterocycles. The minimum Gasteiger partial charge on any atom is -0.489 e. The molecule has 106 valence electrons. The Hall–Kier alpha value is -1.84. The zero-order chi connectivity index (χ0) is 14.4. The highest BCUT2D eigenvalue weighted by molar-refractivity contribution is 5.77.